The Morgan fingerprint density at radius 1 is 0.789 bits per heavy atom. The van der Waals surface area contributed by atoms with Gasteiger partial charge >= 0.3 is 0 Å². The number of carbonyl (C=O) groups is 2. The van der Waals surface area contributed by atoms with Crippen molar-refractivity contribution >= 4 is 80.1 Å². The summed E-state index contributed by atoms with van der Waals surface area (Å²) in [5, 5.41) is 0.669. The highest BCUT2D eigenvalue weighted by molar-refractivity contribution is 8.24. The van der Waals surface area contributed by atoms with Gasteiger partial charge in [-0.1, -0.05) is 47.9 Å². The van der Waals surface area contributed by atoms with Crippen LogP contribution in [0, 0.1) is 0 Å². The molecule has 0 saturated carbocycles. The average molecular weight is 565 g/mol. The van der Waals surface area contributed by atoms with Crippen LogP contribution in [0.5, 0.6) is 0 Å². The molecule has 0 aliphatic carbocycles. The lowest BCUT2D eigenvalue weighted by Gasteiger charge is -2.28. The second kappa shape index (κ2) is 12.5. The van der Waals surface area contributed by atoms with Crippen molar-refractivity contribution in [3.05, 3.63) is 73.1 Å². The van der Waals surface area contributed by atoms with Gasteiger partial charge in [0.2, 0.25) is 11.8 Å². The molecular formula is C26H24N6O3S3. The Morgan fingerprint density at radius 3 is 1.97 bits per heavy atom. The Kier molecular flexibility index (Phi) is 8.64. The van der Waals surface area contributed by atoms with E-state index in [2.05, 4.69) is 32.0 Å². The van der Waals surface area contributed by atoms with Crippen molar-refractivity contribution < 1.29 is 14.3 Å². The van der Waals surface area contributed by atoms with Gasteiger partial charge in [0.25, 0.3) is 0 Å². The summed E-state index contributed by atoms with van der Waals surface area (Å²) in [6.07, 6.45) is 3.33. The first-order valence-corrected chi connectivity index (χ1v) is 14.3. The smallest absolute Gasteiger partial charge is 0.244 e. The van der Waals surface area contributed by atoms with Crippen molar-refractivity contribution in [3.8, 4) is 0 Å². The standard InChI is InChI=1S/C18H18N4O2S.C8H6N2OS2/c23-17-13-25-18(22(17)16-3-1-2-8-19-16)20-14-4-6-15(7-5-14)21-9-11-24-12-10-21;11-7-5-13-8(12)10(7)6-3-1-2-4-9-6/h1-8H,9-13H2;1-4H,5H2/b20-18+;. The number of carbonyl (C=O) groups excluding carboxylic acids is 2. The minimum absolute atomic E-state index is 0.00684. The van der Waals surface area contributed by atoms with Crippen LogP contribution >= 0.6 is 35.7 Å². The summed E-state index contributed by atoms with van der Waals surface area (Å²) >= 11 is 7.84. The van der Waals surface area contributed by atoms with Gasteiger partial charge < -0.3 is 9.64 Å². The molecule has 3 aliphatic heterocycles. The summed E-state index contributed by atoms with van der Waals surface area (Å²) in [7, 11) is 0. The summed E-state index contributed by atoms with van der Waals surface area (Å²) in [6, 6.07) is 19.0. The molecule has 0 bridgehead atoms. The van der Waals surface area contributed by atoms with Crippen LogP contribution in [0.3, 0.4) is 0 Å². The minimum Gasteiger partial charge on any atom is -0.378 e. The number of thiocarbonyl (C=S) groups is 1. The molecule has 2 aromatic heterocycles. The number of anilines is 3. The van der Waals surface area contributed by atoms with Crippen molar-refractivity contribution in [3.63, 3.8) is 0 Å². The molecule has 5 heterocycles. The maximum absolute atomic E-state index is 12.2. The lowest BCUT2D eigenvalue weighted by Crippen LogP contribution is -2.36. The molecule has 3 aliphatic rings. The van der Waals surface area contributed by atoms with Crippen LogP contribution in [0.4, 0.5) is 23.0 Å². The molecule has 0 atom stereocenters. The quantitative estimate of drug-likeness (QED) is 0.434. The normalized spacial score (nSPS) is 18.7. The fraction of sp³-hybridized carbons (Fsp3) is 0.231. The number of amides is 2. The number of hydrogen-bond donors (Lipinski definition) is 0. The molecule has 3 saturated heterocycles. The van der Waals surface area contributed by atoms with E-state index in [1.807, 2.05) is 36.4 Å². The summed E-state index contributed by atoms with van der Waals surface area (Å²) < 4.78 is 5.97. The first kappa shape index (κ1) is 26.3. The number of rotatable bonds is 4. The third-order valence-electron chi connectivity index (χ3n) is 5.72. The van der Waals surface area contributed by atoms with Crippen LogP contribution in [0.1, 0.15) is 0 Å². The molecule has 3 fully saturated rings. The van der Waals surface area contributed by atoms with E-state index in [4.69, 9.17) is 17.0 Å². The number of nitrogens with zero attached hydrogens (tertiary/aromatic N) is 6. The summed E-state index contributed by atoms with van der Waals surface area (Å²) in [6.45, 7) is 3.35. The maximum atomic E-state index is 12.2. The number of amidine groups is 1. The third kappa shape index (κ3) is 6.21. The zero-order valence-corrected chi connectivity index (χ0v) is 22.8. The maximum Gasteiger partial charge on any atom is 0.244 e. The number of aliphatic imine (C=N–C) groups is 1. The molecule has 12 heteroatoms. The van der Waals surface area contributed by atoms with Gasteiger partial charge in [0.1, 0.15) is 16.0 Å². The van der Waals surface area contributed by atoms with Crippen LogP contribution < -0.4 is 14.7 Å². The second-order valence-corrected chi connectivity index (χ2v) is 10.7. The molecule has 6 rings (SSSR count). The van der Waals surface area contributed by atoms with E-state index in [1.54, 1.807) is 29.4 Å². The topological polar surface area (TPSA) is 91.2 Å². The van der Waals surface area contributed by atoms with Crippen LogP contribution in [-0.2, 0) is 14.3 Å². The second-order valence-electron chi connectivity index (χ2n) is 8.19. The zero-order valence-electron chi connectivity index (χ0n) is 20.3. The largest absolute Gasteiger partial charge is 0.378 e. The highest BCUT2D eigenvalue weighted by Gasteiger charge is 2.30. The predicted molar refractivity (Wildman–Crippen MR) is 158 cm³/mol. The number of benzene rings is 1. The Balaban J connectivity index is 0.000000190. The van der Waals surface area contributed by atoms with Gasteiger partial charge in [-0.15, -0.1) is 0 Å². The predicted octanol–water partition coefficient (Wildman–Crippen LogP) is 4.13. The highest BCUT2D eigenvalue weighted by atomic mass is 32.2. The van der Waals surface area contributed by atoms with E-state index in [9.17, 15) is 9.59 Å². The molecule has 2 amide bonds. The Labute approximate surface area is 234 Å². The monoisotopic (exact) mass is 564 g/mol. The molecule has 1 aromatic carbocycles. The first-order valence-electron chi connectivity index (χ1n) is 11.9. The van der Waals surface area contributed by atoms with Crippen molar-refractivity contribution in [2.75, 3.05) is 52.5 Å². The average Bonchev–Trinajstić information content (AvgIpc) is 3.51. The molecule has 38 heavy (non-hydrogen) atoms. The van der Waals surface area contributed by atoms with Gasteiger partial charge in [-0.2, -0.15) is 0 Å². The van der Waals surface area contributed by atoms with E-state index < -0.39 is 0 Å². The number of hydrogen-bond acceptors (Lipinski definition) is 10. The van der Waals surface area contributed by atoms with E-state index in [0.29, 0.717) is 32.6 Å². The van der Waals surface area contributed by atoms with E-state index in [0.717, 1.165) is 32.0 Å². The van der Waals surface area contributed by atoms with Crippen LogP contribution in [0.25, 0.3) is 0 Å². The Morgan fingerprint density at radius 2 is 1.39 bits per heavy atom. The van der Waals surface area contributed by atoms with Gasteiger partial charge in [0.15, 0.2) is 5.17 Å². The van der Waals surface area contributed by atoms with Gasteiger partial charge in [-0.3, -0.25) is 9.59 Å². The van der Waals surface area contributed by atoms with Crippen molar-refractivity contribution in [2.24, 2.45) is 4.99 Å². The SMILES string of the molecule is O=C1CS/C(=N/c2ccc(N3CCOCC3)cc2)N1c1ccccn1.O=C1CSC(=S)N1c1ccccn1. The fourth-order valence-electron chi connectivity index (χ4n) is 3.89. The molecule has 0 unspecified atom stereocenters. The minimum atomic E-state index is 0.00684. The third-order valence-corrected chi connectivity index (χ3v) is 8.00. The van der Waals surface area contributed by atoms with Crippen molar-refractivity contribution in [1.29, 1.82) is 0 Å². The lowest BCUT2D eigenvalue weighted by molar-refractivity contribution is -0.115. The van der Waals surface area contributed by atoms with E-state index >= 15 is 0 Å². The number of ether oxygens (including phenoxy) is 1. The van der Waals surface area contributed by atoms with Crippen LogP contribution in [0.15, 0.2) is 78.0 Å². The van der Waals surface area contributed by atoms with Crippen LogP contribution in [-0.4, -0.2) is 69.1 Å². The van der Waals surface area contributed by atoms with E-state index in [-0.39, 0.29) is 11.8 Å². The molecule has 0 radical (unpaired) electrons. The summed E-state index contributed by atoms with van der Waals surface area (Å²) in [5.41, 5.74) is 2.00. The summed E-state index contributed by atoms with van der Waals surface area (Å²) in [4.78, 5) is 41.9. The molecule has 194 valence electrons. The number of pyridine rings is 2. The van der Waals surface area contributed by atoms with Crippen LogP contribution in [0.2, 0.25) is 0 Å². The van der Waals surface area contributed by atoms with E-state index in [1.165, 1.54) is 34.1 Å². The van der Waals surface area contributed by atoms with Gasteiger partial charge in [0, 0.05) is 31.2 Å². The fourth-order valence-corrected chi connectivity index (χ4v) is 5.84. The van der Waals surface area contributed by atoms with Crippen molar-refractivity contribution in [1.82, 2.24) is 9.97 Å². The van der Waals surface area contributed by atoms with Gasteiger partial charge in [-0.25, -0.2) is 24.8 Å². The number of aromatic nitrogens is 2. The van der Waals surface area contributed by atoms with Gasteiger partial charge in [0.05, 0.1) is 30.4 Å². The zero-order chi connectivity index (χ0) is 26.3. The molecule has 3 aromatic rings. The molecular weight excluding hydrogens is 541 g/mol. The molecule has 0 N–H and O–H groups in total. The Bertz CT molecular complexity index is 1300. The number of thioether (sulfide) groups is 2. The van der Waals surface area contributed by atoms with Gasteiger partial charge in [-0.05, 0) is 48.5 Å². The number of morpholine rings is 1. The molecule has 0 spiro atoms. The lowest BCUT2D eigenvalue weighted by atomic mass is 10.2. The molecule has 9 nitrogen and oxygen atoms in total. The first-order chi connectivity index (χ1) is 18.6. The highest BCUT2D eigenvalue weighted by Crippen LogP contribution is 2.29. The Hall–Kier alpha value is -3.32. The van der Waals surface area contributed by atoms with Crippen molar-refractivity contribution in [2.45, 2.75) is 0 Å². The summed E-state index contributed by atoms with van der Waals surface area (Å²) in [5.74, 6) is 2.06.